The van der Waals surface area contributed by atoms with Crippen molar-refractivity contribution in [3.8, 4) is 0 Å². The maximum atomic E-state index is 5.75. The van der Waals surface area contributed by atoms with Crippen LogP contribution in [0.2, 0.25) is 0 Å². The van der Waals surface area contributed by atoms with Crippen LogP contribution in [0.1, 0.15) is 421 Å². The van der Waals surface area contributed by atoms with Gasteiger partial charge in [0.25, 0.3) is 0 Å². The summed E-state index contributed by atoms with van der Waals surface area (Å²) in [6.45, 7) is 81.7. The van der Waals surface area contributed by atoms with E-state index in [1.807, 2.05) is 0 Å². The summed E-state index contributed by atoms with van der Waals surface area (Å²) in [5, 5.41) is 10.1. The predicted octanol–water partition coefficient (Wildman–Crippen LogP) is 27.3. The van der Waals surface area contributed by atoms with Gasteiger partial charge >= 0.3 is 0 Å². The number of hydrogen-bond acceptors (Lipinski definition) is 5. The van der Waals surface area contributed by atoms with E-state index < -0.39 is 0 Å². The van der Waals surface area contributed by atoms with E-state index in [-0.39, 0.29) is 7.43 Å². The van der Waals surface area contributed by atoms with Gasteiger partial charge in [-0.2, -0.15) is 0 Å². The average molecular weight is 1350 g/mol. The topological polar surface area (TPSA) is 65.3 Å². The highest BCUT2D eigenvalue weighted by Crippen LogP contribution is 2.53. The fourth-order valence-corrected chi connectivity index (χ4v) is 16.5. The SMILES string of the molecule is C.CC(C)(C)C1(CN)CCC1.CC(C)(C)C1CCN1.CC(C)(C)C1CNC1.CC(C)(C)CC1CCC1.CC(C)(C)CC1CCC1.CC(C)(C)CC1CCCC1.CC(C)(C)CC1CCCC1.CC(C)(C)CC1CCCCC1.CC(C)(C)CC1CCCNC1.CC1CN(C(C)(C)C)C1. The van der Waals surface area contributed by atoms with Crippen molar-refractivity contribution in [2.75, 3.05) is 52.4 Å². The second kappa shape index (κ2) is 43.9. The van der Waals surface area contributed by atoms with Crippen LogP contribution in [0.5, 0.6) is 0 Å². The number of likely N-dealkylation sites (tertiary alicyclic amines) is 1. The third kappa shape index (κ3) is 47.9. The molecule has 0 amide bonds. The van der Waals surface area contributed by atoms with Crippen molar-refractivity contribution in [1.29, 1.82) is 0 Å². The first-order valence-electron chi connectivity index (χ1n) is 41.8. The quantitative estimate of drug-likeness (QED) is 0.205. The number of rotatable bonds is 7. The zero-order chi connectivity index (χ0) is 73.0. The number of nitrogens with two attached hydrogens (primary N) is 1. The first-order valence-corrected chi connectivity index (χ1v) is 41.8. The van der Waals surface area contributed by atoms with Crippen molar-refractivity contribution in [2.24, 2.45) is 107 Å². The van der Waals surface area contributed by atoms with Gasteiger partial charge in [-0.3, -0.25) is 4.90 Å². The first-order chi connectivity index (χ1) is 43.2. The molecule has 5 N–H and O–H groups in total. The van der Waals surface area contributed by atoms with E-state index in [1.165, 1.54) is 245 Å². The normalized spacial score (nSPS) is 23.4. The summed E-state index contributed by atoms with van der Waals surface area (Å²) in [5.41, 5.74) is 11.4. The minimum atomic E-state index is 0. The van der Waals surface area contributed by atoms with Gasteiger partial charge in [0, 0.05) is 24.7 Å². The van der Waals surface area contributed by atoms with Gasteiger partial charge in [-0.1, -0.05) is 330 Å². The smallest absolute Gasteiger partial charge is 0.0128 e. The molecule has 4 aliphatic heterocycles. The van der Waals surface area contributed by atoms with Crippen molar-refractivity contribution < 1.29 is 0 Å². The minimum Gasteiger partial charge on any atom is -0.330 e. The lowest BCUT2D eigenvalue weighted by molar-refractivity contribution is 0.00677. The molecule has 0 aromatic heterocycles. The molecule has 0 aromatic carbocycles. The summed E-state index contributed by atoms with van der Waals surface area (Å²) >= 11 is 0. The molecule has 6 aliphatic carbocycles. The van der Waals surface area contributed by atoms with E-state index in [1.54, 1.807) is 0 Å². The van der Waals surface area contributed by atoms with Crippen molar-refractivity contribution in [2.45, 2.75) is 433 Å². The summed E-state index contributed by atoms with van der Waals surface area (Å²) in [4.78, 5) is 2.51. The van der Waals surface area contributed by atoms with Crippen LogP contribution in [0.3, 0.4) is 0 Å². The van der Waals surface area contributed by atoms with Crippen LogP contribution in [0.25, 0.3) is 0 Å². The third-order valence-electron chi connectivity index (χ3n) is 23.1. The monoisotopic (exact) mass is 1350 g/mol. The molecule has 5 nitrogen and oxygen atoms in total. The second-order valence-electron chi connectivity index (χ2n) is 45.4. The Kier molecular flexibility index (Phi) is 43.8. The molecular weight excluding hydrogens is 1160 g/mol. The van der Waals surface area contributed by atoms with Gasteiger partial charge < -0.3 is 21.7 Å². The molecule has 0 aromatic rings. The summed E-state index contributed by atoms with van der Waals surface area (Å²) in [6, 6.07) is 0.780. The molecule has 6 saturated carbocycles. The molecule has 5 heteroatoms. The zero-order valence-electron chi connectivity index (χ0n) is 71.8. The van der Waals surface area contributed by atoms with Crippen molar-refractivity contribution >= 4 is 0 Å². The molecule has 10 fully saturated rings. The van der Waals surface area contributed by atoms with E-state index in [9.17, 15) is 0 Å². The second-order valence-corrected chi connectivity index (χ2v) is 45.4. The van der Waals surface area contributed by atoms with Crippen LogP contribution in [0, 0.1) is 101 Å². The highest BCUT2D eigenvalue weighted by Gasteiger charge is 2.45. The molecule has 0 radical (unpaired) electrons. The average Bonchev–Trinajstić information content (AvgIpc) is 0.933. The van der Waals surface area contributed by atoms with Crippen LogP contribution >= 0.6 is 0 Å². The van der Waals surface area contributed by atoms with E-state index >= 15 is 0 Å². The van der Waals surface area contributed by atoms with Crippen LogP contribution in [-0.4, -0.2) is 68.8 Å². The molecule has 4 heterocycles. The lowest BCUT2D eigenvalue weighted by atomic mass is 9.55. The Morgan fingerprint density at radius 3 is 0.771 bits per heavy atom. The van der Waals surface area contributed by atoms with Gasteiger partial charge in [0.05, 0.1) is 0 Å². The largest absolute Gasteiger partial charge is 0.330 e. The van der Waals surface area contributed by atoms with E-state index in [2.05, 4.69) is 235 Å². The van der Waals surface area contributed by atoms with Gasteiger partial charge in [-0.05, 0) is 232 Å². The maximum absolute atomic E-state index is 5.75. The summed E-state index contributed by atoms with van der Waals surface area (Å²) < 4.78 is 0. The van der Waals surface area contributed by atoms with Crippen molar-refractivity contribution in [1.82, 2.24) is 20.9 Å². The number of piperidine rings is 1. The van der Waals surface area contributed by atoms with Gasteiger partial charge in [0.15, 0.2) is 0 Å². The molecule has 2 unspecified atom stereocenters. The maximum Gasteiger partial charge on any atom is 0.0128 e. The van der Waals surface area contributed by atoms with Crippen LogP contribution < -0.4 is 21.7 Å². The Balaban J connectivity index is 0.00000104. The first kappa shape index (κ1) is 95.8. The van der Waals surface area contributed by atoms with Gasteiger partial charge in [0.1, 0.15) is 0 Å². The number of hydrogen-bond donors (Lipinski definition) is 4. The molecular formula is C91H189N5. The highest BCUT2D eigenvalue weighted by molar-refractivity contribution is 4.97. The third-order valence-corrected chi connectivity index (χ3v) is 23.1. The zero-order valence-corrected chi connectivity index (χ0v) is 71.8. The molecule has 0 spiro atoms. The Morgan fingerprint density at radius 1 is 0.344 bits per heavy atom. The molecule has 4 saturated heterocycles. The molecule has 96 heavy (non-hydrogen) atoms. The van der Waals surface area contributed by atoms with Gasteiger partial charge in [0.2, 0.25) is 0 Å². The summed E-state index contributed by atoms with van der Waals surface area (Å²) in [5.74, 6) is 8.09. The summed E-state index contributed by atoms with van der Waals surface area (Å²) in [6.07, 6.45) is 45.2. The fraction of sp³-hybridized carbons (Fsp3) is 1.00. The molecule has 0 bridgehead atoms. The lowest BCUT2D eigenvalue weighted by Crippen LogP contribution is -2.54. The minimum absolute atomic E-state index is 0. The lowest BCUT2D eigenvalue weighted by Gasteiger charge is -2.51. The van der Waals surface area contributed by atoms with E-state index in [0.29, 0.717) is 59.7 Å². The Labute approximate surface area is 609 Å². The molecule has 578 valence electrons. The number of nitrogens with zero attached hydrogens (tertiary/aromatic N) is 1. The predicted molar refractivity (Wildman–Crippen MR) is 439 cm³/mol. The van der Waals surface area contributed by atoms with Gasteiger partial charge in [-0.15, -0.1) is 0 Å². The summed E-state index contributed by atoms with van der Waals surface area (Å²) in [7, 11) is 0. The molecule has 10 rings (SSSR count). The van der Waals surface area contributed by atoms with Crippen molar-refractivity contribution in [3.63, 3.8) is 0 Å². The Morgan fingerprint density at radius 2 is 0.646 bits per heavy atom. The standard InChI is InChI=1S/C11H22.C10H21N.2C10H20.C9H19N.2C9H18.C8H17N.2C7H15N.CH4/c1-11(2,3)9-10-7-5-4-6-8-10;1-10(2,3)7-9-5-4-6-11-8-9;2*1-10(2,3)8-9-6-4-5-7-9;1-8(2,3)9(7-10)5-4-6-9;2*1-9(2,3)7-8-5-4-6-8;1-7-5-9(6-7)8(2,3)4;1-7(2,3)6-4-8-5-6;1-7(2,3)6-4-5-8-6;/h10H,4-9H2,1-3H3;9,11H,4-8H2,1-3H3;2*9H,4-8H2,1-3H3;4-7,10H2,1-3H3;2*8H,4-7H2,1-3H3;7H,5-6H2,1-4H3;2*6,8H,4-5H2,1-3H3;1H4. The Hall–Kier alpha value is -0.200. The van der Waals surface area contributed by atoms with E-state index in [0.717, 1.165) is 59.9 Å². The number of nitrogens with one attached hydrogen (secondary N) is 3. The Bertz CT molecular complexity index is 1730. The molecule has 2 atom stereocenters. The van der Waals surface area contributed by atoms with Gasteiger partial charge in [-0.25, -0.2) is 0 Å². The van der Waals surface area contributed by atoms with Crippen LogP contribution in [0.4, 0.5) is 0 Å². The fourth-order valence-electron chi connectivity index (χ4n) is 16.5. The van der Waals surface area contributed by atoms with Crippen LogP contribution in [0.15, 0.2) is 0 Å². The van der Waals surface area contributed by atoms with Crippen LogP contribution in [-0.2, 0) is 0 Å². The van der Waals surface area contributed by atoms with E-state index in [4.69, 9.17) is 5.73 Å². The van der Waals surface area contributed by atoms with Crippen molar-refractivity contribution in [3.05, 3.63) is 0 Å². The highest BCUT2D eigenvalue weighted by atomic mass is 15.2. The molecule has 10 aliphatic rings.